The van der Waals surface area contributed by atoms with Crippen LogP contribution in [0.15, 0.2) is 16.6 Å². The molecular weight excluding hydrogens is 358 g/mol. The maximum absolute atomic E-state index is 12.4. The number of nitro groups is 1. The Labute approximate surface area is 132 Å². The van der Waals surface area contributed by atoms with E-state index in [4.69, 9.17) is 0 Å². The predicted octanol–water partition coefficient (Wildman–Crippen LogP) is 1.12. The van der Waals surface area contributed by atoms with Crippen LogP contribution in [0.2, 0.25) is 0 Å². The van der Waals surface area contributed by atoms with Crippen LogP contribution < -0.4 is 5.32 Å². The molecule has 0 spiro atoms. The summed E-state index contributed by atoms with van der Waals surface area (Å²) in [6, 6.07) is 2.01. The minimum Gasteiger partial charge on any atom is -0.322 e. The lowest BCUT2D eigenvalue weighted by Crippen LogP contribution is -2.52. The van der Waals surface area contributed by atoms with E-state index in [1.54, 1.807) is 0 Å². The third kappa shape index (κ3) is 2.27. The van der Waals surface area contributed by atoms with Crippen LogP contribution in [-0.2, 0) is 16.1 Å². The lowest BCUT2D eigenvalue weighted by Gasteiger charge is -2.29. The molecule has 0 aromatic heterocycles. The Bertz CT molecular complexity index is 733. The summed E-state index contributed by atoms with van der Waals surface area (Å²) in [5.41, 5.74) is 0.643. The third-order valence-electron chi connectivity index (χ3n) is 3.79. The molecule has 0 saturated carbocycles. The van der Waals surface area contributed by atoms with Gasteiger partial charge in [-0.1, -0.05) is 0 Å². The summed E-state index contributed by atoms with van der Waals surface area (Å²) in [5.74, 6) is -1.30. The van der Waals surface area contributed by atoms with Crippen molar-refractivity contribution in [2.24, 2.45) is 0 Å². The molecule has 1 N–H and O–H groups in total. The molecule has 1 saturated heterocycles. The van der Waals surface area contributed by atoms with Crippen molar-refractivity contribution < 1.29 is 19.3 Å². The summed E-state index contributed by atoms with van der Waals surface area (Å²) in [6.07, 6.45) is 0.425. The standard InChI is InChI=1S/C13H10BrN3O5/c14-8-3-6-5-16(9-1-2-11(18)15-12(9)19)13(20)7(6)4-10(8)17(21)22/h3-4,9H,1-2,5H2,(H,15,18,19). The normalized spacial score (nSPS) is 20.9. The lowest BCUT2D eigenvalue weighted by molar-refractivity contribution is -0.385. The highest BCUT2D eigenvalue weighted by molar-refractivity contribution is 9.10. The number of rotatable bonds is 2. The minimum atomic E-state index is -0.726. The smallest absolute Gasteiger partial charge is 0.284 e. The molecule has 2 aliphatic rings. The number of piperidine rings is 1. The molecule has 0 radical (unpaired) electrons. The van der Waals surface area contributed by atoms with E-state index >= 15 is 0 Å². The van der Waals surface area contributed by atoms with Gasteiger partial charge in [0.1, 0.15) is 6.04 Å². The highest BCUT2D eigenvalue weighted by atomic mass is 79.9. The molecule has 22 heavy (non-hydrogen) atoms. The number of halogens is 1. The Kier molecular flexibility index (Phi) is 3.44. The van der Waals surface area contributed by atoms with Crippen molar-refractivity contribution in [3.8, 4) is 0 Å². The number of carbonyl (C=O) groups is 3. The van der Waals surface area contributed by atoms with Gasteiger partial charge in [-0.05, 0) is 34.0 Å². The summed E-state index contributed by atoms with van der Waals surface area (Å²) in [7, 11) is 0. The van der Waals surface area contributed by atoms with E-state index in [1.807, 2.05) is 0 Å². The van der Waals surface area contributed by atoms with Crippen molar-refractivity contribution in [1.29, 1.82) is 0 Å². The van der Waals surface area contributed by atoms with E-state index < -0.39 is 22.8 Å². The first-order valence-corrected chi connectivity index (χ1v) is 7.29. The number of fused-ring (bicyclic) bond motifs is 1. The van der Waals surface area contributed by atoms with Crippen molar-refractivity contribution in [1.82, 2.24) is 10.2 Å². The number of nitrogens with zero attached hydrogens (tertiary/aromatic N) is 2. The molecule has 1 fully saturated rings. The molecule has 1 unspecified atom stereocenters. The fourth-order valence-electron chi connectivity index (χ4n) is 2.71. The summed E-state index contributed by atoms with van der Waals surface area (Å²) < 4.78 is 0.286. The molecule has 2 aliphatic heterocycles. The predicted molar refractivity (Wildman–Crippen MR) is 76.8 cm³/mol. The highest BCUT2D eigenvalue weighted by Crippen LogP contribution is 2.34. The average Bonchev–Trinajstić information content (AvgIpc) is 2.74. The van der Waals surface area contributed by atoms with Gasteiger partial charge in [-0.3, -0.25) is 29.8 Å². The molecule has 0 aliphatic carbocycles. The fraction of sp³-hybridized carbons (Fsp3) is 0.308. The van der Waals surface area contributed by atoms with Crippen molar-refractivity contribution in [3.05, 3.63) is 37.8 Å². The summed E-state index contributed by atoms with van der Waals surface area (Å²) in [4.78, 5) is 47.2. The molecule has 8 nitrogen and oxygen atoms in total. The van der Waals surface area contributed by atoms with Crippen LogP contribution >= 0.6 is 15.9 Å². The van der Waals surface area contributed by atoms with E-state index in [0.717, 1.165) is 0 Å². The van der Waals surface area contributed by atoms with Gasteiger partial charge in [-0.15, -0.1) is 0 Å². The van der Waals surface area contributed by atoms with Crippen LogP contribution in [0.4, 0.5) is 5.69 Å². The van der Waals surface area contributed by atoms with Crippen molar-refractivity contribution >= 4 is 39.3 Å². The van der Waals surface area contributed by atoms with Gasteiger partial charge in [0.05, 0.1) is 15.0 Å². The maximum atomic E-state index is 12.4. The Balaban J connectivity index is 1.93. The molecule has 0 bridgehead atoms. The quantitative estimate of drug-likeness (QED) is 0.478. The van der Waals surface area contributed by atoms with Crippen LogP contribution in [0, 0.1) is 10.1 Å². The number of hydrogen-bond acceptors (Lipinski definition) is 5. The topological polar surface area (TPSA) is 110 Å². The Hall–Kier alpha value is -2.29. The molecule has 1 aromatic rings. The van der Waals surface area contributed by atoms with Crippen molar-refractivity contribution in [2.45, 2.75) is 25.4 Å². The second kappa shape index (κ2) is 5.16. The third-order valence-corrected chi connectivity index (χ3v) is 4.42. The van der Waals surface area contributed by atoms with Gasteiger partial charge in [0.25, 0.3) is 11.6 Å². The second-order valence-electron chi connectivity index (χ2n) is 5.12. The fourth-order valence-corrected chi connectivity index (χ4v) is 3.25. The molecule has 1 aromatic carbocycles. The number of imide groups is 1. The zero-order valence-electron chi connectivity index (χ0n) is 11.2. The van der Waals surface area contributed by atoms with Crippen molar-refractivity contribution in [3.63, 3.8) is 0 Å². The SMILES string of the molecule is O=C1CCC(N2Cc3cc(Br)c([N+](=O)[O-])cc3C2=O)C(=O)N1. The average molecular weight is 368 g/mol. The highest BCUT2D eigenvalue weighted by Gasteiger charge is 2.40. The summed E-state index contributed by atoms with van der Waals surface area (Å²) in [5, 5.41) is 13.2. The Morgan fingerprint density at radius 3 is 2.68 bits per heavy atom. The van der Waals surface area contributed by atoms with Gasteiger partial charge >= 0.3 is 0 Å². The van der Waals surface area contributed by atoms with Gasteiger partial charge in [0.15, 0.2) is 0 Å². The molecule has 2 heterocycles. The van der Waals surface area contributed by atoms with E-state index in [1.165, 1.54) is 17.0 Å². The van der Waals surface area contributed by atoms with Gasteiger partial charge < -0.3 is 4.90 Å². The number of hydrogen-bond donors (Lipinski definition) is 1. The van der Waals surface area contributed by atoms with Gasteiger partial charge in [-0.25, -0.2) is 0 Å². The first-order valence-electron chi connectivity index (χ1n) is 6.50. The number of carbonyl (C=O) groups excluding carboxylic acids is 3. The lowest BCUT2D eigenvalue weighted by atomic mass is 10.0. The minimum absolute atomic E-state index is 0.167. The first-order chi connectivity index (χ1) is 10.4. The number of amides is 3. The number of nitro benzene ring substituents is 1. The van der Waals surface area contributed by atoms with Crippen LogP contribution in [0.3, 0.4) is 0 Å². The molecule has 3 amide bonds. The van der Waals surface area contributed by atoms with Crippen LogP contribution in [0.5, 0.6) is 0 Å². The first kappa shape index (κ1) is 14.6. The molecule has 1 atom stereocenters. The van der Waals surface area contributed by atoms with E-state index in [0.29, 0.717) is 5.56 Å². The number of nitrogens with one attached hydrogen (secondary N) is 1. The monoisotopic (exact) mass is 367 g/mol. The zero-order valence-corrected chi connectivity index (χ0v) is 12.8. The molecular formula is C13H10BrN3O5. The maximum Gasteiger partial charge on any atom is 0.284 e. The summed E-state index contributed by atoms with van der Waals surface area (Å²) in [6.45, 7) is 0.192. The molecule has 3 rings (SSSR count). The molecule has 9 heteroatoms. The number of benzene rings is 1. The van der Waals surface area contributed by atoms with E-state index in [9.17, 15) is 24.5 Å². The van der Waals surface area contributed by atoms with Gasteiger partial charge in [-0.2, -0.15) is 0 Å². The Morgan fingerprint density at radius 1 is 1.32 bits per heavy atom. The zero-order chi connectivity index (χ0) is 16.0. The van der Waals surface area contributed by atoms with Crippen LogP contribution in [-0.4, -0.2) is 33.6 Å². The van der Waals surface area contributed by atoms with E-state index in [2.05, 4.69) is 21.2 Å². The Morgan fingerprint density at radius 2 is 2.05 bits per heavy atom. The van der Waals surface area contributed by atoms with Crippen molar-refractivity contribution in [2.75, 3.05) is 0 Å². The summed E-state index contributed by atoms with van der Waals surface area (Å²) >= 11 is 3.11. The van der Waals surface area contributed by atoms with Crippen LogP contribution in [0.25, 0.3) is 0 Å². The van der Waals surface area contributed by atoms with Gasteiger partial charge in [0.2, 0.25) is 11.8 Å². The van der Waals surface area contributed by atoms with Gasteiger partial charge in [0, 0.05) is 19.0 Å². The molecule has 114 valence electrons. The van der Waals surface area contributed by atoms with E-state index in [-0.39, 0.29) is 41.0 Å². The van der Waals surface area contributed by atoms with Crippen LogP contribution in [0.1, 0.15) is 28.8 Å². The second-order valence-corrected chi connectivity index (χ2v) is 5.97. The largest absolute Gasteiger partial charge is 0.322 e.